The molecule has 0 aliphatic carbocycles. The minimum absolute atomic E-state index is 0.184. The molecule has 4 heteroatoms. The maximum absolute atomic E-state index is 13.1. The molecular weight excluding hydrogens is 520 g/mol. The molecule has 0 fully saturated rings. The Bertz CT molecular complexity index is 1830. The standard InChI is InChI=1S/C38H34O4/c1-25(22-36(39)40)38(37(41)42,20-18-26-10-12-30-16-14-28-6-2-4-8-32(28)34(30)23-26)21-19-27-11-13-31-17-15-29-7-3-5-9-33(29)35(31)24-27/h2-17,23-25H,18-22H2,1H3,(H,39,40)(H,41,42). The van der Waals surface area contributed by atoms with Gasteiger partial charge < -0.3 is 10.2 Å². The number of fused-ring (bicyclic) bond motifs is 6. The van der Waals surface area contributed by atoms with Gasteiger partial charge in [0.1, 0.15) is 0 Å². The molecule has 6 aromatic carbocycles. The van der Waals surface area contributed by atoms with E-state index < -0.39 is 23.3 Å². The Labute approximate surface area is 245 Å². The number of carboxylic acid groups (broad SMARTS) is 2. The molecule has 6 aromatic rings. The van der Waals surface area contributed by atoms with E-state index in [1.807, 2.05) is 24.3 Å². The van der Waals surface area contributed by atoms with Crippen LogP contribution in [-0.4, -0.2) is 22.2 Å². The molecule has 1 atom stereocenters. The molecule has 0 aliphatic heterocycles. The molecule has 0 heterocycles. The summed E-state index contributed by atoms with van der Waals surface area (Å²) >= 11 is 0. The average Bonchev–Trinajstić information content (AvgIpc) is 3.00. The van der Waals surface area contributed by atoms with Gasteiger partial charge in [0.05, 0.1) is 5.41 Å². The number of rotatable bonds is 10. The van der Waals surface area contributed by atoms with Gasteiger partial charge in [0.25, 0.3) is 0 Å². The fourth-order valence-electron chi connectivity index (χ4n) is 6.64. The summed E-state index contributed by atoms with van der Waals surface area (Å²) in [6.45, 7) is 1.78. The van der Waals surface area contributed by atoms with Gasteiger partial charge in [0.2, 0.25) is 0 Å². The van der Waals surface area contributed by atoms with Crippen LogP contribution >= 0.6 is 0 Å². The highest BCUT2D eigenvalue weighted by atomic mass is 16.4. The van der Waals surface area contributed by atoms with Crippen LogP contribution in [0.2, 0.25) is 0 Å². The van der Waals surface area contributed by atoms with E-state index in [0.29, 0.717) is 25.7 Å². The lowest BCUT2D eigenvalue weighted by Gasteiger charge is -2.35. The van der Waals surface area contributed by atoms with Crippen LogP contribution in [0.3, 0.4) is 0 Å². The Morgan fingerprint density at radius 2 is 1.00 bits per heavy atom. The van der Waals surface area contributed by atoms with E-state index in [0.717, 1.165) is 32.7 Å². The second kappa shape index (κ2) is 11.3. The summed E-state index contributed by atoms with van der Waals surface area (Å²) in [6.07, 6.45) is 1.65. The van der Waals surface area contributed by atoms with Crippen LogP contribution in [0.25, 0.3) is 43.1 Å². The normalized spacial score (nSPS) is 12.7. The molecule has 6 rings (SSSR count). The molecule has 0 saturated carbocycles. The smallest absolute Gasteiger partial charge is 0.309 e. The first-order valence-corrected chi connectivity index (χ1v) is 14.6. The first-order chi connectivity index (χ1) is 20.3. The Kier molecular flexibility index (Phi) is 7.38. The third kappa shape index (κ3) is 5.21. The van der Waals surface area contributed by atoms with Crippen LogP contribution in [0, 0.1) is 11.3 Å². The van der Waals surface area contributed by atoms with Crippen molar-refractivity contribution in [3.8, 4) is 0 Å². The van der Waals surface area contributed by atoms with Crippen molar-refractivity contribution in [2.45, 2.75) is 39.0 Å². The average molecular weight is 555 g/mol. The van der Waals surface area contributed by atoms with Gasteiger partial charge in [0, 0.05) is 6.42 Å². The molecule has 210 valence electrons. The van der Waals surface area contributed by atoms with Gasteiger partial charge in [-0.3, -0.25) is 9.59 Å². The zero-order valence-corrected chi connectivity index (χ0v) is 23.7. The van der Waals surface area contributed by atoms with Crippen molar-refractivity contribution in [3.05, 3.63) is 120 Å². The van der Waals surface area contributed by atoms with Crippen molar-refractivity contribution >= 4 is 55.0 Å². The van der Waals surface area contributed by atoms with Crippen LogP contribution in [0.15, 0.2) is 109 Å². The largest absolute Gasteiger partial charge is 0.481 e. The lowest BCUT2D eigenvalue weighted by atomic mass is 9.67. The molecule has 0 aromatic heterocycles. The van der Waals surface area contributed by atoms with Crippen molar-refractivity contribution in [2.24, 2.45) is 11.3 Å². The van der Waals surface area contributed by atoms with Crippen molar-refractivity contribution < 1.29 is 19.8 Å². The van der Waals surface area contributed by atoms with Crippen LogP contribution < -0.4 is 0 Å². The predicted molar refractivity (Wildman–Crippen MR) is 171 cm³/mol. The zero-order valence-electron chi connectivity index (χ0n) is 23.7. The van der Waals surface area contributed by atoms with Crippen molar-refractivity contribution in [2.75, 3.05) is 0 Å². The second-order valence-electron chi connectivity index (χ2n) is 11.6. The van der Waals surface area contributed by atoms with Crippen LogP contribution in [0.5, 0.6) is 0 Å². The maximum Gasteiger partial charge on any atom is 0.309 e. The van der Waals surface area contributed by atoms with Gasteiger partial charge in [-0.25, -0.2) is 0 Å². The number of carboxylic acids is 2. The minimum atomic E-state index is -1.18. The van der Waals surface area contributed by atoms with Gasteiger partial charge in [-0.2, -0.15) is 0 Å². The van der Waals surface area contributed by atoms with Crippen LogP contribution in [0.4, 0.5) is 0 Å². The molecule has 4 nitrogen and oxygen atoms in total. The van der Waals surface area contributed by atoms with Gasteiger partial charge in [0.15, 0.2) is 0 Å². The van der Waals surface area contributed by atoms with Crippen molar-refractivity contribution in [1.82, 2.24) is 0 Å². The molecular formula is C38H34O4. The fourth-order valence-corrected chi connectivity index (χ4v) is 6.64. The van der Waals surface area contributed by atoms with E-state index in [1.165, 1.54) is 21.5 Å². The summed E-state index contributed by atoms with van der Waals surface area (Å²) in [5.74, 6) is -2.42. The topological polar surface area (TPSA) is 74.6 Å². The molecule has 0 saturated heterocycles. The Morgan fingerprint density at radius 1 is 0.595 bits per heavy atom. The molecule has 0 bridgehead atoms. The first-order valence-electron chi connectivity index (χ1n) is 14.6. The monoisotopic (exact) mass is 554 g/mol. The zero-order chi connectivity index (χ0) is 29.3. The number of hydrogen-bond acceptors (Lipinski definition) is 2. The van der Waals surface area contributed by atoms with Gasteiger partial charge in [-0.05, 0) is 85.8 Å². The number of hydrogen-bond donors (Lipinski definition) is 2. The molecule has 2 N–H and O–H groups in total. The molecule has 1 unspecified atom stereocenters. The molecule has 0 amide bonds. The maximum atomic E-state index is 13.1. The molecule has 0 aliphatic rings. The summed E-state index contributed by atoms with van der Waals surface area (Å²) in [6, 6.07) is 37.7. The highest BCUT2D eigenvalue weighted by Gasteiger charge is 2.43. The number of aliphatic carboxylic acids is 2. The van der Waals surface area contributed by atoms with Crippen molar-refractivity contribution in [1.29, 1.82) is 0 Å². The fraction of sp³-hybridized carbons (Fsp3) is 0.211. The quantitative estimate of drug-likeness (QED) is 0.166. The summed E-state index contributed by atoms with van der Waals surface area (Å²) in [7, 11) is 0. The highest BCUT2D eigenvalue weighted by Crippen LogP contribution is 2.41. The summed E-state index contributed by atoms with van der Waals surface area (Å²) < 4.78 is 0. The SMILES string of the molecule is CC(CC(=O)O)C(CCc1ccc2ccc3ccccc3c2c1)(CCc1ccc2ccc3ccccc3c2c1)C(=O)O. The van der Waals surface area contributed by atoms with Gasteiger partial charge >= 0.3 is 11.9 Å². The highest BCUT2D eigenvalue weighted by molar-refractivity contribution is 6.08. The third-order valence-corrected chi connectivity index (χ3v) is 9.19. The summed E-state index contributed by atoms with van der Waals surface area (Å²) in [5, 5.41) is 29.6. The number of carbonyl (C=O) groups is 2. The molecule has 42 heavy (non-hydrogen) atoms. The number of aryl methyl sites for hydroxylation is 2. The van der Waals surface area contributed by atoms with E-state index in [1.54, 1.807) is 6.92 Å². The number of benzene rings is 6. The minimum Gasteiger partial charge on any atom is -0.481 e. The van der Waals surface area contributed by atoms with E-state index in [9.17, 15) is 19.8 Å². The van der Waals surface area contributed by atoms with Crippen molar-refractivity contribution in [3.63, 3.8) is 0 Å². The van der Waals surface area contributed by atoms with E-state index in [-0.39, 0.29) is 6.42 Å². The van der Waals surface area contributed by atoms with E-state index >= 15 is 0 Å². The lowest BCUT2D eigenvalue weighted by molar-refractivity contribution is -0.155. The van der Waals surface area contributed by atoms with Gasteiger partial charge in [-0.1, -0.05) is 116 Å². The Balaban J connectivity index is 1.32. The first kappa shape index (κ1) is 27.5. The van der Waals surface area contributed by atoms with Crippen LogP contribution in [-0.2, 0) is 22.4 Å². The van der Waals surface area contributed by atoms with E-state index in [2.05, 4.69) is 84.9 Å². The Hall–Kier alpha value is -4.70. The lowest BCUT2D eigenvalue weighted by Crippen LogP contribution is -2.39. The van der Waals surface area contributed by atoms with E-state index in [4.69, 9.17) is 0 Å². The summed E-state index contributed by atoms with van der Waals surface area (Å²) in [4.78, 5) is 24.8. The molecule has 0 spiro atoms. The van der Waals surface area contributed by atoms with Crippen LogP contribution in [0.1, 0.15) is 37.3 Å². The predicted octanol–water partition coefficient (Wildman–Crippen LogP) is 9.05. The third-order valence-electron chi connectivity index (χ3n) is 9.19. The molecule has 0 radical (unpaired) electrons. The summed E-state index contributed by atoms with van der Waals surface area (Å²) in [5.41, 5.74) is 0.938. The Morgan fingerprint density at radius 3 is 1.43 bits per heavy atom. The van der Waals surface area contributed by atoms with Gasteiger partial charge in [-0.15, -0.1) is 0 Å². The second-order valence-corrected chi connectivity index (χ2v) is 11.6.